The standard InChI is InChI=1S/C22H22N2O4S/c1-14-5-9-19(10-6-14)29(27,28)23-21-12-16(3)15(2)11-20(21)22(25)18-8-7-17(4)24(26)13-18/h5-13,23H,1-4H3. The van der Waals surface area contributed by atoms with Gasteiger partial charge in [0.25, 0.3) is 10.0 Å². The number of sulfonamides is 1. The highest BCUT2D eigenvalue weighted by Crippen LogP contribution is 2.26. The molecule has 1 heterocycles. The van der Waals surface area contributed by atoms with E-state index in [4.69, 9.17) is 0 Å². The number of benzene rings is 2. The van der Waals surface area contributed by atoms with Crippen molar-refractivity contribution in [1.29, 1.82) is 0 Å². The van der Waals surface area contributed by atoms with Crippen LogP contribution in [0, 0.1) is 32.9 Å². The van der Waals surface area contributed by atoms with Crippen LogP contribution in [-0.4, -0.2) is 14.2 Å². The summed E-state index contributed by atoms with van der Waals surface area (Å²) in [5.41, 5.74) is 3.63. The molecule has 2 aromatic carbocycles. The van der Waals surface area contributed by atoms with Gasteiger partial charge < -0.3 is 5.21 Å². The molecule has 0 aliphatic heterocycles. The zero-order valence-electron chi connectivity index (χ0n) is 16.7. The molecule has 3 rings (SSSR count). The molecule has 7 heteroatoms. The molecule has 0 aliphatic rings. The van der Waals surface area contributed by atoms with Gasteiger partial charge in [0.15, 0.2) is 11.9 Å². The number of nitrogens with one attached hydrogen (secondary N) is 1. The minimum absolute atomic E-state index is 0.104. The highest BCUT2D eigenvalue weighted by molar-refractivity contribution is 7.92. The second-order valence-corrected chi connectivity index (χ2v) is 8.80. The van der Waals surface area contributed by atoms with E-state index in [1.807, 2.05) is 20.8 Å². The summed E-state index contributed by atoms with van der Waals surface area (Å²) in [5.74, 6) is -0.431. The third-order valence-electron chi connectivity index (χ3n) is 4.82. The van der Waals surface area contributed by atoms with Gasteiger partial charge in [0, 0.05) is 18.6 Å². The summed E-state index contributed by atoms with van der Waals surface area (Å²) in [7, 11) is -3.88. The van der Waals surface area contributed by atoms with E-state index < -0.39 is 15.8 Å². The normalized spacial score (nSPS) is 11.3. The molecule has 0 saturated heterocycles. The summed E-state index contributed by atoms with van der Waals surface area (Å²) in [5, 5.41) is 11.9. The summed E-state index contributed by atoms with van der Waals surface area (Å²) in [6, 6.07) is 12.8. The van der Waals surface area contributed by atoms with Crippen molar-refractivity contribution in [3.63, 3.8) is 0 Å². The Kier molecular flexibility index (Phi) is 5.44. The highest BCUT2D eigenvalue weighted by atomic mass is 32.2. The van der Waals surface area contributed by atoms with Crippen LogP contribution in [0.4, 0.5) is 5.69 Å². The van der Waals surface area contributed by atoms with E-state index in [0.717, 1.165) is 16.7 Å². The van der Waals surface area contributed by atoms with Gasteiger partial charge in [0.2, 0.25) is 5.78 Å². The van der Waals surface area contributed by atoms with Gasteiger partial charge in [-0.25, -0.2) is 8.42 Å². The third-order valence-corrected chi connectivity index (χ3v) is 6.21. The number of hydrogen-bond donors (Lipinski definition) is 1. The lowest BCUT2D eigenvalue weighted by Crippen LogP contribution is -2.30. The Labute approximate surface area is 170 Å². The van der Waals surface area contributed by atoms with E-state index in [0.29, 0.717) is 10.4 Å². The van der Waals surface area contributed by atoms with Crippen molar-refractivity contribution in [1.82, 2.24) is 0 Å². The number of carbonyl (C=O) groups excluding carboxylic acids is 1. The van der Waals surface area contributed by atoms with Crippen molar-refractivity contribution in [2.75, 3.05) is 4.72 Å². The van der Waals surface area contributed by atoms with Gasteiger partial charge in [-0.15, -0.1) is 0 Å². The number of aryl methyl sites for hydroxylation is 4. The fourth-order valence-corrected chi connectivity index (χ4v) is 3.93. The molecule has 0 bridgehead atoms. The Hall–Kier alpha value is -3.19. The van der Waals surface area contributed by atoms with Crippen LogP contribution in [0.3, 0.4) is 0 Å². The lowest BCUT2D eigenvalue weighted by atomic mass is 9.98. The van der Waals surface area contributed by atoms with Crippen LogP contribution in [0.25, 0.3) is 0 Å². The van der Waals surface area contributed by atoms with Crippen LogP contribution in [0.2, 0.25) is 0 Å². The van der Waals surface area contributed by atoms with Crippen molar-refractivity contribution in [2.24, 2.45) is 0 Å². The number of nitrogens with zero attached hydrogens (tertiary/aromatic N) is 1. The predicted molar refractivity (Wildman–Crippen MR) is 111 cm³/mol. The lowest BCUT2D eigenvalue weighted by Gasteiger charge is -2.15. The number of rotatable bonds is 5. The van der Waals surface area contributed by atoms with Crippen molar-refractivity contribution in [2.45, 2.75) is 32.6 Å². The number of ketones is 1. The predicted octanol–water partition coefficient (Wildman–Crippen LogP) is 3.59. The van der Waals surface area contributed by atoms with Gasteiger partial charge in [-0.3, -0.25) is 9.52 Å². The number of anilines is 1. The largest absolute Gasteiger partial charge is 0.618 e. The lowest BCUT2D eigenvalue weighted by molar-refractivity contribution is -0.612. The summed E-state index contributed by atoms with van der Waals surface area (Å²) in [4.78, 5) is 13.2. The zero-order valence-corrected chi connectivity index (χ0v) is 17.5. The smallest absolute Gasteiger partial charge is 0.261 e. The van der Waals surface area contributed by atoms with Crippen LogP contribution in [0.15, 0.2) is 59.6 Å². The highest BCUT2D eigenvalue weighted by Gasteiger charge is 2.22. The van der Waals surface area contributed by atoms with Crippen LogP contribution in [-0.2, 0) is 10.0 Å². The minimum Gasteiger partial charge on any atom is -0.618 e. The molecule has 1 aromatic heterocycles. The van der Waals surface area contributed by atoms with Crippen molar-refractivity contribution < 1.29 is 17.9 Å². The van der Waals surface area contributed by atoms with Gasteiger partial charge in [-0.1, -0.05) is 17.7 Å². The van der Waals surface area contributed by atoms with Gasteiger partial charge in [-0.2, -0.15) is 4.73 Å². The Morgan fingerprint density at radius 1 is 0.931 bits per heavy atom. The number of pyridine rings is 1. The molecule has 6 nitrogen and oxygen atoms in total. The third kappa shape index (κ3) is 4.30. The SMILES string of the molecule is Cc1ccc(S(=O)(=O)Nc2cc(C)c(C)cc2C(=O)c2ccc(C)[n+]([O-])c2)cc1. The average molecular weight is 410 g/mol. The summed E-state index contributed by atoms with van der Waals surface area (Å²) >= 11 is 0. The second kappa shape index (κ2) is 7.67. The van der Waals surface area contributed by atoms with E-state index in [1.54, 1.807) is 43.3 Å². The van der Waals surface area contributed by atoms with E-state index in [-0.39, 0.29) is 21.7 Å². The second-order valence-electron chi connectivity index (χ2n) is 7.11. The molecule has 0 radical (unpaired) electrons. The molecular formula is C22H22N2O4S. The van der Waals surface area contributed by atoms with Gasteiger partial charge in [0.1, 0.15) is 0 Å². The molecule has 29 heavy (non-hydrogen) atoms. The fraction of sp³-hybridized carbons (Fsp3) is 0.182. The maximum absolute atomic E-state index is 13.1. The summed E-state index contributed by atoms with van der Waals surface area (Å²) in [6.45, 7) is 7.18. The van der Waals surface area contributed by atoms with Crippen LogP contribution < -0.4 is 9.45 Å². The molecule has 0 fully saturated rings. The Morgan fingerprint density at radius 2 is 1.55 bits per heavy atom. The molecule has 1 N–H and O–H groups in total. The average Bonchev–Trinajstić information content (AvgIpc) is 2.66. The van der Waals surface area contributed by atoms with E-state index in [1.165, 1.54) is 18.3 Å². The number of carbonyl (C=O) groups is 1. The summed E-state index contributed by atoms with van der Waals surface area (Å²) < 4.78 is 28.8. The molecule has 0 atom stereocenters. The Balaban J connectivity index is 2.07. The molecule has 0 spiro atoms. The van der Waals surface area contributed by atoms with E-state index in [9.17, 15) is 18.4 Å². The molecule has 0 unspecified atom stereocenters. The van der Waals surface area contributed by atoms with Gasteiger partial charge in [0.05, 0.1) is 16.1 Å². The first-order chi connectivity index (χ1) is 13.6. The molecule has 150 valence electrons. The molecular weight excluding hydrogens is 388 g/mol. The first-order valence-corrected chi connectivity index (χ1v) is 10.5. The first kappa shape index (κ1) is 20.5. The molecule has 0 aliphatic carbocycles. The summed E-state index contributed by atoms with van der Waals surface area (Å²) in [6.07, 6.45) is 1.20. The maximum Gasteiger partial charge on any atom is 0.261 e. The topological polar surface area (TPSA) is 90.2 Å². The van der Waals surface area contributed by atoms with Gasteiger partial charge in [-0.05, 0) is 62.2 Å². The van der Waals surface area contributed by atoms with E-state index >= 15 is 0 Å². The number of aromatic nitrogens is 1. The Bertz CT molecular complexity index is 1200. The van der Waals surface area contributed by atoms with Gasteiger partial charge >= 0.3 is 0 Å². The fourth-order valence-electron chi connectivity index (χ4n) is 2.85. The molecule has 0 saturated carbocycles. The van der Waals surface area contributed by atoms with Crippen LogP contribution >= 0.6 is 0 Å². The Morgan fingerprint density at radius 3 is 2.17 bits per heavy atom. The van der Waals surface area contributed by atoms with Crippen molar-refractivity contribution >= 4 is 21.5 Å². The van der Waals surface area contributed by atoms with Crippen LogP contribution in [0.1, 0.15) is 38.3 Å². The maximum atomic E-state index is 13.1. The van der Waals surface area contributed by atoms with E-state index in [2.05, 4.69) is 4.72 Å². The van der Waals surface area contributed by atoms with Crippen LogP contribution in [0.5, 0.6) is 0 Å². The first-order valence-electron chi connectivity index (χ1n) is 9.04. The molecule has 0 amide bonds. The number of hydrogen-bond acceptors (Lipinski definition) is 4. The zero-order chi connectivity index (χ0) is 21.3. The minimum atomic E-state index is -3.88. The quantitative estimate of drug-likeness (QED) is 0.395. The monoisotopic (exact) mass is 410 g/mol. The van der Waals surface area contributed by atoms with Crippen molar-refractivity contribution in [3.05, 3.63) is 93.4 Å². The van der Waals surface area contributed by atoms with Crippen molar-refractivity contribution in [3.8, 4) is 0 Å². The molecule has 3 aromatic rings.